The molecule has 3 N–H and O–H groups in total. The normalized spacial score (nSPS) is 14.7. The number of morpholine rings is 1. The topological polar surface area (TPSA) is 154 Å². The van der Waals surface area contributed by atoms with E-state index in [0.29, 0.717) is 65.5 Å². The molecule has 6 rings (SSSR count). The largest absolute Gasteiger partial charge is 0.497 e. The van der Waals surface area contributed by atoms with Gasteiger partial charge in [0, 0.05) is 48.7 Å². The Morgan fingerprint density at radius 1 is 1.06 bits per heavy atom. The fraction of sp³-hybridized carbons (Fsp3) is 0.297. The Morgan fingerprint density at radius 2 is 1.86 bits per heavy atom. The molecule has 51 heavy (non-hydrogen) atoms. The summed E-state index contributed by atoms with van der Waals surface area (Å²) in [5.74, 6) is 0.00865. The second-order valence-corrected chi connectivity index (χ2v) is 13.6. The third-order valence-corrected chi connectivity index (χ3v) is 10.1. The van der Waals surface area contributed by atoms with Gasteiger partial charge in [-0.1, -0.05) is 32.0 Å². The van der Waals surface area contributed by atoms with E-state index in [1.165, 1.54) is 19.4 Å². The predicted molar refractivity (Wildman–Crippen MR) is 191 cm³/mol. The molecule has 0 aliphatic carbocycles. The standard InChI is InChI=1S/C37H39FN6O6S/c1-5-28-26(19-41-33(6-2)43-28)23-16-27(38)35-30(17-23)40-20-32(51(46,47)42-18-22-10-12-24(48-3)13-11-22)36(35)44-29-9-7-8-25(37(45)49-4)34(29)31-21-50-15-14-39-31/h7-13,16-17,19-20,31,39,42H,5-6,14-15,18,21H2,1-4H3,(H,40,44). The van der Waals surface area contributed by atoms with Crippen LogP contribution in [0.15, 0.2) is 71.9 Å². The first-order valence-electron chi connectivity index (χ1n) is 16.6. The van der Waals surface area contributed by atoms with Crippen molar-refractivity contribution in [3.63, 3.8) is 0 Å². The molecule has 0 saturated carbocycles. The van der Waals surface area contributed by atoms with Crippen molar-refractivity contribution < 1.29 is 31.8 Å². The molecule has 0 bridgehead atoms. The molecule has 14 heteroatoms. The van der Waals surface area contributed by atoms with Crippen molar-refractivity contribution in [3.8, 4) is 16.9 Å². The lowest BCUT2D eigenvalue weighted by molar-refractivity contribution is 0.0587. The average molecular weight is 715 g/mol. The summed E-state index contributed by atoms with van der Waals surface area (Å²) in [5, 5.41) is 6.51. The van der Waals surface area contributed by atoms with Gasteiger partial charge in [-0.15, -0.1) is 0 Å². The number of pyridine rings is 1. The Kier molecular flexibility index (Phi) is 10.9. The van der Waals surface area contributed by atoms with Gasteiger partial charge in [0.2, 0.25) is 10.0 Å². The number of ether oxygens (including phenoxy) is 3. The molecular formula is C37H39FN6O6S. The first-order chi connectivity index (χ1) is 24.7. The number of nitrogens with one attached hydrogen (secondary N) is 3. The van der Waals surface area contributed by atoms with Crippen LogP contribution in [-0.4, -0.2) is 63.3 Å². The first-order valence-corrected chi connectivity index (χ1v) is 18.0. The van der Waals surface area contributed by atoms with Crippen molar-refractivity contribution in [2.24, 2.45) is 0 Å². The highest BCUT2D eigenvalue weighted by Crippen LogP contribution is 2.39. The monoisotopic (exact) mass is 714 g/mol. The minimum atomic E-state index is -4.31. The highest BCUT2D eigenvalue weighted by Gasteiger charge is 2.29. The summed E-state index contributed by atoms with van der Waals surface area (Å²) < 4.78 is 63.4. The van der Waals surface area contributed by atoms with Crippen molar-refractivity contribution >= 4 is 38.3 Å². The molecule has 0 amide bonds. The third kappa shape index (κ3) is 7.54. The highest BCUT2D eigenvalue weighted by molar-refractivity contribution is 7.89. The highest BCUT2D eigenvalue weighted by atomic mass is 32.2. The summed E-state index contributed by atoms with van der Waals surface area (Å²) in [7, 11) is -1.48. The second-order valence-electron chi connectivity index (χ2n) is 11.8. The number of sulfonamides is 1. The number of methoxy groups -OCH3 is 2. The molecule has 1 aliphatic rings. The van der Waals surface area contributed by atoms with Gasteiger partial charge in [-0.05, 0) is 53.9 Å². The zero-order valence-electron chi connectivity index (χ0n) is 28.7. The fourth-order valence-corrected chi connectivity index (χ4v) is 7.23. The van der Waals surface area contributed by atoms with E-state index >= 15 is 4.39 Å². The average Bonchev–Trinajstić information content (AvgIpc) is 3.16. The van der Waals surface area contributed by atoms with Gasteiger partial charge >= 0.3 is 5.97 Å². The Labute approximate surface area is 295 Å². The number of aromatic nitrogens is 3. The molecule has 5 aromatic rings. The lowest BCUT2D eigenvalue weighted by atomic mass is 9.97. The summed E-state index contributed by atoms with van der Waals surface area (Å²) in [6.07, 6.45) is 4.13. The summed E-state index contributed by atoms with van der Waals surface area (Å²) >= 11 is 0. The van der Waals surface area contributed by atoms with Crippen LogP contribution in [0.2, 0.25) is 0 Å². The molecule has 1 fully saturated rings. The Hall–Kier alpha value is -5.02. The van der Waals surface area contributed by atoms with E-state index < -0.39 is 27.9 Å². The zero-order chi connectivity index (χ0) is 36.1. The number of fused-ring (bicyclic) bond motifs is 1. The van der Waals surface area contributed by atoms with Crippen LogP contribution in [0.1, 0.15) is 52.9 Å². The number of carbonyl (C=O) groups excluding carboxylic acids is 1. The van der Waals surface area contributed by atoms with Gasteiger partial charge < -0.3 is 24.8 Å². The minimum Gasteiger partial charge on any atom is -0.497 e. The lowest BCUT2D eigenvalue weighted by Crippen LogP contribution is -2.36. The van der Waals surface area contributed by atoms with E-state index in [1.54, 1.807) is 61.8 Å². The Bertz CT molecular complexity index is 2180. The van der Waals surface area contributed by atoms with Gasteiger partial charge in [-0.3, -0.25) is 4.98 Å². The number of hydrogen-bond acceptors (Lipinski definition) is 11. The smallest absolute Gasteiger partial charge is 0.338 e. The van der Waals surface area contributed by atoms with Crippen LogP contribution in [0.5, 0.6) is 5.75 Å². The van der Waals surface area contributed by atoms with Crippen LogP contribution in [0, 0.1) is 5.82 Å². The second kappa shape index (κ2) is 15.5. The zero-order valence-corrected chi connectivity index (χ0v) is 29.6. The summed E-state index contributed by atoms with van der Waals surface area (Å²) in [4.78, 5) is 26.2. The third-order valence-electron chi connectivity index (χ3n) is 8.72. The van der Waals surface area contributed by atoms with Crippen LogP contribution >= 0.6 is 0 Å². The number of aryl methyl sites for hydroxylation is 2. The summed E-state index contributed by atoms with van der Waals surface area (Å²) in [6.45, 7) is 5.12. The van der Waals surface area contributed by atoms with Crippen LogP contribution in [0.3, 0.4) is 0 Å². The van der Waals surface area contributed by atoms with Gasteiger partial charge in [0.05, 0.1) is 61.3 Å². The number of halogens is 1. The molecule has 3 aromatic carbocycles. The van der Waals surface area contributed by atoms with E-state index in [-0.39, 0.29) is 40.2 Å². The van der Waals surface area contributed by atoms with Crippen molar-refractivity contribution in [3.05, 3.63) is 101 Å². The van der Waals surface area contributed by atoms with E-state index in [0.717, 1.165) is 5.69 Å². The first kappa shape index (κ1) is 35.8. The molecule has 0 radical (unpaired) electrons. The summed E-state index contributed by atoms with van der Waals surface area (Å²) in [6, 6.07) is 14.5. The van der Waals surface area contributed by atoms with Crippen LogP contribution in [-0.2, 0) is 38.9 Å². The number of carbonyl (C=O) groups is 1. The number of nitrogens with zero attached hydrogens (tertiary/aromatic N) is 3. The summed E-state index contributed by atoms with van der Waals surface area (Å²) in [5.41, 5.74) is 3.83. The van der Waals surface area contributed by atoms with E-state index in [2.05, 4.69) is 30.3 Å². The Balaban J connectivity index is 1.52. The van der Waals surface area contributed by atoms with Gasteiger partial charge in [-0.25, -0.2) is 32.3 Å². The molecule has 1 saturated heterocycles. The molecule has 1 aliphatic heterocycles. The maximum Gasteiger partial charge on any atom is 0.338 e. The number of anilines is 2. The number of hydrogen-bond donors (Lipinski definition) is 3. The molecule has 1 atom stereocenters. The minimum absolute atomic E-state index is 0.0504. The number of benzene rings is 3. The Morgan fingerprint density at radius 3 is 2.55 bits per heavy atom. The maximum atomic E-state index is 16.6. The SMILES string of the molecule is CCc1ncc(-c2cc(F)c3c(Nc4cccc(C(=O)OC)c4C4COCCN4)c(S(=O)(=O)NCc4ccc(OC)cc4)cnc3c2)c(CC)n1. The molecule has 1 unspecified atom stereocenters. The van der Waals surface area contributed by atoms with E-state index in [9.17, 15) is 13.2 Å². The molecule has 2 aromatic heterocycles. The molecule has 0 spiro atoms. The molecule has 266 valence electrons. The van der Waals surface area contributed by atoms with Crippen molar-refractivity contribution in [2.75, 3.05) is 39.3 Å². The van der Waals surface area contributed by atoms with Crippen molar-refractivity contribution in [2.45, 2.75) is 44.2 Å². The number of rotatable bonds is 12. The molecule has 3 heterocycles. The quantitative estimate of drug-likeness (QED) is 0.138. The maximum absolute atomic E-state index is 16.6. The number of esters is 1. The van der Waals surface area contributed by atoms with Gasteiger partial charge in [0.1, 0.15) is 22.3 Å². The van der Waals surface area contributed by atoms with Crippen LogP contribution in [0.4, 0.5) is 15.8 Å². The van der Waals surface area contributed by atoms with Crippen LogP contribution < -0.4 is 20.1 Å². The molecule has 12 nitrogen and oxygen atoms in total. The van der Waals surface area contributed by atoms with Gasteiger partial charge in [0.25, 0.3) is 0 Å². The van der Waals surface area contributed by atoms with Crippen LogP contribution in [0.25, 0.3) is 22.0 Å². The molecular weight excluding hydrogens is 676 g/mol. The van der Waals surface area contributed by atoms with Gasteiger partial charge in [-0.2, -0.15) is 0 Å². The van der Waals surface area contributed by atoms with Crippen molar-refractivity contribution in [1.29, 1.82) is 0 Å². The predicted octanol–water partition coefficient (Wildman–Crippen LogP) is 5.63. The van der Waals surface area contributed by atoms with E-state index in [1.807, 2.05) is 13.8 Å². The van der Waals surface area contributed by atoms with Gasteiger partial charge in [0.15, 0.2) is 0 Å². The lowest BCUT2D eigenvalue weighted by Gasteiger charge is -2.28. The van der Waals surface area contributed by atoms with Crippen molar-refractivity contribution in [1.82, 2.24) is 25.0 Å². The van der Waals surface area contributed by atoms with E-state index in [4.69, 9.17) is 14.2 Å². The fourth-order valence-electron chi connectivity index (χ4n) is 6.10.